The zero-order valence-corrected chi connectivity index (χ0v) is 16.8. The van der Waals surface area contributed by atoms with Gasteiger partial charge in [0.05, 0.1) is 0 Å². The molecule has 0 radical (unpaired) electrons. The first-order chi connectivity index (χ1) is 11.5. The van der Waals surface area contributed by atoms with Crippen LogP contribution in [0.3, 0.4) is 0 Å². The van der Waals surface area contributed by atoms with Crippen molar-refractivity contribution in [2.24, 2.45) is 0 Å². The number of piperidine rings is 1. The van der Waals surface area contributed by atoms with E-state index in [-0.39, 0.29) is 24.9 Å². The van der Waals surface area contributed by atoms with Crippen molar-refractivity contribution in [3.63, 3.8) is 0 Å². The van der Waals surface area contributed by atoms with Crippen LogP contribution in [0, 0.1) is 6.92 Å². The van der Waals surface area contributed by atoms with Crippen LogP contribution in [0.5, 0.6) is 5.75 Å². The Hall–Kier alpha value is -1.26. The molecule has 1 aromatic carbocycles. The summed E-state index contributed by atoms with van der Waals surface area (Å²) in [5.41, 5.74) is 2.32. The fourth-order valence-corrected chi connectivity index (χ4v) is 3.34. The van der Waals surface area contributed by atoms with E-state index in [2.05, 4.69) is 45.1 Å². The molecule has 1 amide bonds. The van der Waals surface area contributed by atoms with E-state index in [0.717, 1.165) is 55.8 Å². The smallest absolute Gasteiger partial charge is 0.260 e. The molecule has 0 spiro atoms. The molecule has 1 N–H and O–H groups in total. The quantitative estimate of drug-likeness (QED) is 0.793. The lowest BCUT2D eigenvalue weighted by Gasteiger charge is -2.34. The molecule has 1 saturated heterocycles. The lowest BCUT2D eigenvalue weighted by Crippen LogP contribution is -2.48. The van der Waals surface area contributed by atoms with Gasteiger partial charge in [0.25, 0.3) is 5.91 Å². The fraction of sp³-hybridized carbons (Fsp3) is 0.650. The number of amides is 1. The maximum Gasteiger partial charge on any atom is 0.260 e. The molecule has 1 aliphatic heterocycles. The Balaban J connectivity index is 0.00000312. The Morgan fingerprint density at radius 2 is 2.00 bits per heavy atom. The van der Waals surface area contributed by atoms with Crippen molar-refractivity contribution in [1.82, 2.24) is 10.2 Å². The Morgan fingerprint density at radius 1 is 1.32 bits per heavy atom. The van der Waals surface area contributed by atoms with E-state index in [9.17, 15) is 4.79 Å². The third-order valence-corrected chi connectivity index (χ3v) is 4.68. The fourth-order valence-electron chi connectivity index (χ4n) is 3.34. The van der Waals surface area contributed by atoms with Crippen molar-refractivity contribution in [3.8, 4) is 5.75 Å². The molecule has 0 aromatic heterocycles. The minimum absolute atomic E-state index is 0. The number of ether oxygens (including phenoxy) is 1. The SMILES string of the molecule is CCCN(C(=O)COc1cc(C)ccc1C(C)C)C1CCNCC1.Cl. The van der Waals surface area contributed by atoms with E-state index in [1.165, 1.54) is 0 Å². The zero-order chi connectivity index (χ0) is 17.5. The molecule has 5 heteroatoms. The van der Waals surface area contributed by atoms with Gasteiger partial charge in [-0.3, -0.25) is 4.79 Å². The molecular weight excluding hydrogens is 336 g/mol. The second kappa shape index (κ2) is 10.7. The van der Waals surface area contributed by atoms with Gasteiger partial charge in [-0.15, -0.1) is 12.4 Å². The van der Waals surface area contributed by atoms with Crippen molar-refractivity contribution in [3.05, 3.63) is 29.3 Å². The number of halogens is 1. The van der Waals surface area contributed by atoms with Gasteiger partial charge in [0.15, 0.2) is 6.61 Å². The number of benzene rings is 1. The first-order valence-corrected chi connectivity index (χ1v) is 9.26. The summed E-state index contributed by atoms with van der Waals surface area (Å²) in [4.78, 5) is 14.8. The summed E-state index contributed by atoms with van der Waals surface area (Å²) in [5, 5.41) is 3.37. The summed E-state index contributed by atoms with van der Waals surface area (Å²) in [6.45, 7) is 11.4. The summed E-state index contributed by atoms with van der Waals surface area (Å²) in [5.74, 6) is 1.34. The normalized spacial score (nSPS) is 14.9. The summed E-state index contributed by atoms with van der Waals surface area (Å²) in [6.07, 6.45) is 3.05. The summed E-state index contributed by atoms with van der Waals surface area (Å²) in [6, 6.07) is 6.60. The van der Waals surface area contributed by atoms with Crippen LogP contribution in [0.1, 0.15) is 57.1 Å². The van der Waals surface area contributed by atoms with Gasteiger partial charge in [-0.1, -0.05) is 32.9 Å². The summed E-state index contributed by atoms with van der Waals surface area (Å²) < 4.78 is 5.95. The monoisotopic (exact) mass is 368 g/mol. The maximum atomic E-state index is 12.8. The lowest BCUT2D eigenvalue weighted by atomic mass is 10.0. The first kappa shape index (κ1) is 21.8. The van der Waals surface area contributed by atoms with Crippen molar-refractivity contribution in [2.75, 3.05) is 26.2 Å². The number of hydrogen-bond acceptors (Lipinski definition) is 3. The standard InChI is InChI=1S/C20H32N2O2.ClH/c1-5-12-22(17-8-10-21-11-9-17)20(23)14-24-19-13-16(4)6-7-18(19)15(2)3;/h6-7,13,15,17,21H,5,8-12,14H2,1-4H3;1H. The summed E-state index contributed by atoms with van der Waals surface area (Å²) in [7, 11) is 0. The second-order valence-corrected chi connectivity index (χ2v) is 7.05. The van der Waals surface area contributed by atoms with Crippen molar-refractivity contribution in [1.29, 1.82) is 0 Å². The van der Waals surface area contributed by atoms with Crippen LogP contribution in [0.25, 0.3) is 0 Å². The summed E-state index contributed by atoms with van der Waals surface area (Å²) >= 11 is 0. The van der Waals surface area contributed by atoms with Crippen LogP contribution in [-0.2, 0) is 4.79 Å². The van der Waals surface area contributed by atoms with Gasteiger partial charge < -0.3 is 15.0 Å². The third kappa shape index (κ3) is 6.19. The van der Waals surface area contributed by atoms with E-state index < -0.39 is 0 Å². The molecule has 1 aromatic rings. The number of rotatable bonds is 7. The van der Waals surface area contributed by atoms with Crippen LogP contribution in [0.15, 0.2) is 18.2 Å². The van der Waals surface area contributed by atoms with Gasteiger partial charge in [0.1, 0.15) is 5.75 Å². The number of hydrogen-bond donors (Lipinski definition) is 1. The molecule has 0 saturated carbocycles. The van der Waals surface area contributed by atoms with Crippen LogP contribution in [0.4, 0.5) is 0 Å². The van der Waals surface area contributed by atoms with Crippen molar-refractivity contribution >= 4 is 18.3 Å². The van der Waals surface area contributed by atoms with Gasteiger partial charge in [-0.25, -0.2) is 0 Å². The highest BCUT2D eigenvalue weighted by Crippen LogP contribution is 2.27. The zero-order valence-electron chi connectivity index (χ0n) is 16.0. The van der Waals surface area contributed by atoms with E-state index in [1.54, 1.807) is 0 Å². The molecule has 142 valence electrons. The van der Waals surface area contributed by atoms with E-state index >= 15 is 0 Å². The van der Waals surface area contributed by atoms with E-state index in [4.69, 9.17) is 4.74 Å². The Bertz CT molecular complexity index is 542. The minimum atomic E-state index is 0. The van der Waals surface area contributed by atoms with E-state index in [0.29, 0.717) is 12.0 Å². The lowest BCUT2D eigenvalue weighted by molar-refractivity contribution is -0.136. The molecule has 4 nitrogen and oxygen atoms in total. The molecule has 25 heavy (non-hydrogen) atoms. The highest BCUT2D eigenvalue weighted by Gasteiger charge is 2.25. The van der Waals surface area contributed by atoms with Gasteiger partial charge in [-0.2, -0.15) is 0 Å². The molecule has 1 aliphatic rings. The molecule has 0 aliphatic carbocycles. The molecule has 1 heterocycles. The molecule has 0 atom stereocenters. The van der Waals surface area contributed by atoms with Crippen LogP contribution in [0.2, 0.25) is 0 Å². The van der Waals surface area contributed by atoms with Gasteiger partial charge in [0, 0.05) is 12.6 Å². The maximum absolute atomic E-state index is 12.8. The number of nitrogens with one attached hydrogen (secondary N) is 1. The Kier molecular flexibility index (Phi) is 9.30. The number of carbonyl (C=O) groups excluding carboxylic acids is 1. The third-order valence-electron chi connectivity index (χ3n) is 4.68. The predicted molar refractivity (Wildman–Crippen MR) is 106 cm³/mol. The average Bonchev–Trinajstić information content (AvgIpc) is 2.58. The Morgan fingerprint density at radius 3 is 2.60 bits per heavy atom. The molecule has 1 fully saturated rings. The van der Waals surface area contributed by atoms with Gasteiger partial charge in [-0.05, 0) is 62.4 Å². The predicted octanol–water partition coefficient (Wildman–Crippen LogP) is 3.91. The molecular formula is C20H33ClN2O2. The second-order valence-electron chi connectivity index (χ2n) is 7.05. The molecule has 0 bridgehead atoms. The van der Waals surface area contributed by atoms with Crippen LogP contribution in [-0.4, -0.2) is 43.1 Å². The van der Waals surface area contributed by atoms with Crippen molar-refractivity contribution < 1.29 is 9.53 Å². The number of carbonyl (C=O) groups is 1. The highest BCUT2D eigenvalue weighted by atomic mass is 35.5. The Labute approximate surface area is 158 Å². The van der Waals surface area contributed by atoms with Gasteiger partial charge >= 0.3 is 0 Å². The highest BCUT2D eigenvalue weighted by molar-refractivity contribution is 5.85. The van der Waals surface area contributed by atoms with E-state index in [1.807, 2.05) is 11.0 Å². The van der Waals surface area contributed by atoms with Gasteiger partial charge in [0.2, 0.25) is 0 Å². The van der Waals surface area contributed by atoms with Crippen molar-refractivity contribution in [2.45, 2.75) is 58.9 Å². The number of nitrogens with zero attached hydrogens (tertiary/aromatic N) is 1. The molecule has 2 rings (SSSR count). The minimum Gasteiger partial charge on any atom is -0.483 e. The number of aryl methyl sites for hydroxylation is 1. The first-order valence-electron chi connectivity index (χ1n) is 9.26. The average molecular weight is 369 g/mol. The van der Waals surface area contributed by atoms with Crippen LogP contribution < -0.4 is 10.1 Å². The largest absolute Gasteiger partial charge is 0.483 e. The topological polar surface area (TPSA) is 41.6 Å². The van der Waals surface area contributed by atoms with Crippen LogP contribution >= 0.6 is 12.4 Å². The molecule has 0 unspecified atom stereocenters.